The maximum atomic E-state index is 13.0. The molecule has 5 nitrogen and oxygen atoms in total. The summed E-state index contributed by atoms with van der Waals surface area (Å²) in [5.74, 6) is 0.438. The molecular formula is C24H19ClN2O3. The third-order valence-electron chi connectivity index (χ3n) is 4.73. The SMILES string of the molecule is Cc1ccc(OC(=O)NCc2cn(-c3ccccc3)c3cc(Cl)ccc3c2=O)cc1. The van der Waals surface area contributed by atoms with Crippen LogP contribution in [0.1, 0.15) is 11.1 Å². The van der Waals surface area contributed by atoms with E-state index in [9.17, 15) is 9.59 Å². The number of nitrogens with zero attached hydrogens (tertiary/aromatic N) is 1. The van der Waals surface area contributed by atoms with Gasteiger partial charge in [-0.15, -0.1) is 0 Å². The number of fused-ring (bicyclic) bond motifs is 1. The molecule has 0 saturated heterocycles. The highest BCUT2D eigenvalue weighted by Gasteiger charge is 2.12. The van der Waals surface area contributed by atoms with Gasteiger partial charge in [0.1, 0.15) is 5.75 Å². The fourth-order valence-corrected chi connectivity index (χ4v) is 3.36. The summed E-state index contributed by atoms with van der Waals surface area (Å²) in [6.45, 7) is 1.99. The van der Waals surface area contributed by atoms with Crippen LogP contribution in [0.25, 0.3) is 16.6 Å². The average Bonchev–Trinajstić information content (AvgIpc) is 2.75. The molecule has 0 bridgehead atoms. The van der Waals surface area contributed by atoms with Crippen LogP contribution < -0.4 is 15.5 Å². The lowest BCUT2D eigenvalue weighted by Crippen LogP contribution is -2.29. The molecule has 1 amide bonds. The zero-order valence-electron chi connectivity index (χ0n) is 16.3. The minimum Gasteiger partial charge on any atom is -0.410 e. The van der Waals surface area contributed by atoms with Crippen molar-refractivity contribution in [1.82, 2.24) is 9.88 Å². The molecule has 0 saturated carbocycles. The summed E-state index contributed by atoms with van der Waals surface area (Å²) < 4.78 is 7.17. The van der Waals surface area contributed by atoms with Crippen LogP contribution in [0, 0.1) is 6.92 Å². The summed E-state index contributed by atoms with van der Waals surface area (Å²) in [5, 5.41) is 3.72. The lowest BCUT2D eigenvalue weighted by atomic mass is 10.1. The molecule has 0 aliphatic carbocycles. The maximum absolute atomic E-state index is 13.0. The highest BCUT2D eigenvalue weighted by atomic mass is 35.5. The number of halogens is 1. The fraction of sp³-hybridized carbons (Fsp3) is 0.0833. The first-order valence-corrected chi connectivity index (χ1v) is 9.80. The predicted octanol–water partition coefficient (Wildman–Crippen LogP) is 5.24. The van der Waals surface area contributed by atoms with Crippen LogP contribution in [0.2, 0.25) is 5.02 Å². The molecule has 0 aliphatic rings. The number of carbonyl (C=O) groups is 1. The first-order valence-electron chi connectivity index (χ1n) is 9.43. The van der Waals surface area contributed by atoms with Gasteiger partial charge in [-0.3, -0.25) is 4.79 Å². The zero-order chi connectivity index (χ0) is 21.1. The van der Waals surface area contributed by atoms with Gasteiger partial charge in [0.2, 0.25) is 0 Å². The Hall–Kier alpha value is -3.57. The Morgan fingerprint density at radius 1 is 1.03 bits per heavy atom. The minimum atomic E-state index is -0.624. The average molecular weight is 419 g/mol. The smallest absolute Gasteiger partial charge is 0.410 e. The molecule has 30 heavy (non-hydrogen) atoms. The summed E-state index contributed by atoms with van der Waals surface area (Å²) in [6, 6.07) is 21.9. The van der Waals surface area contributed by atoms with Crippen molar-refractivity contribution in [1.29, 1.82) is 0 Å². The van der Waals surface area contributed by atoms with E-state index in [1.807, 2.05) is 54.0 Å². The van der Waals surface area contributed by atoms with E-state index in [4.69, 9.17) is 16.3 Å². The van der Waals surface area contributed by atoms with Crippen molar-refractivity contribution >= 4 is 28.6 Å². The van der Waals surface area contributed by atoms with Crippen LogP contribution in [-0.2, 0) is 6.54 Å². The van der Waals surface area contributed by atoms with E-state index < -0.39 is 6.09 Å². The Morgan fingerprint density at radius 3 is 2.50 bits per heavy atom. The first kappa shape index (κ1) is 19.7. The third-order valence-corrected chi connectivity index (χ3v) is 4.96. The Morgan fingerprint density at radius 2 is 1.77 bits per heavy atom. The largest absolute Gasteiger partial charge is 0.412 e. The third kappa shape index (κ3) is 4.21. The Kier molecular flexibility index (Phi) is 5.55. The number of aromatic nitrogens is 1. The van der Waals surface area contributed by atoms with Crippen LogP contribution >= 0.6 is 11.6 Å². The Balaban J connectivity index is 1.65. The molecule has 0 aliphatic heterocycles. The number of rotatable bonds is 4. The minimum absolute atomic E-state index is 0.0366. The summed E-state index contributed by atoms with van der Waals surface area (Å²) in [5.41, 5.74) is 2.93. The second-order valence-electron chi connectivity index (χ2n) is 6.91. The number of nitrogens with one attached hydrogen (secondary N) is 1. The summed E-state index contributed by atoms with van der Waals surface area (Å²) >= 11 is 6.17. The molecule has 1 aromatic heterocycles. The van der Waals surface area contributed by atoms with E-state index in [1.165, 1.54) is 0 Å². The van der Waals surface area contributed by atoms with E-state index in [0.717, 1.165) is 11.3 Å². The zero-order valence-corrected chi connectivity index (χ0v) is 17.0. The van der Waals surface area contributed by atoms with Crippen LogP contribution in [-0.4, -0.2) is 10.7 Å². The molecule has 0 spiro atoms. The van der Waals surface area contributed by atoms with E-state index >= 15 is 0 Å². The molecule has 1 N–H and O–H groups in total. The molecule has 1 heterocycles. The van der Waals surface area contributed by atoms with Crippen LogP contribution in [0.3, 0.4) is 0 Å². The van der Waals surface area contributed by atoms with Crippen LogP contribution in [0.5, 0.6) is 5.75 Å². The van der Waals surface area contributed by atoms with Gasteiger partial charge in [-0.25, -0.2) is 4.79 Å². The van der Waals surface area contributed by atoms with Crippen molar-refractivity contribution in [3.63, 3.8) is 0 Å². The standard InChI is InChI=1S/C24H19ClN2O3/c1-16-7-10-20(11-8-16)30-24(29)26-14-17-15-27(19-5-3-2-4-6-19)22-13-18(25)9-12-21(22)23(17)28/h2-13,15H,14H2,1H3,(H,26,29). The predicted molar refractivity (Wildman–Crippen MR) is 119 cm³/mol. The monoisotopic (exact) mass is 418 g/mol. The number of benzene rings is 3. The number of carbonyl (C=O) groups excluding carboxylic acids is 1. The van der Waals surface area contributed by atoms with Crippen molar-refractivity contribution in [2.75, 3.05) is 0 Å². The molecule has 0 fully saturated rings. The molecule has 4 aromatic rings. The van der Waals surface area contributed by atoms with Gasteiger partial charge in [0, 0.05) is 27.9 Å². The lowest BCUT2D eigenvalue weighted by Gasteiger charge is -2.14. The van der Waals surface area contributed by atoms with E-state index in [0.29, 0.717) is 27.2 Å². The molecule has 4 rings (SSSR count). The fourth-order valence-electron chi connectivity index (χ4n) is 3.20. The molecule has 6 heteroatoms. The number of para-hydroxylation sites is 1. The topological polar surface area (TPSA) is 60.3 Å². The van der Waals surface area contributed by atoms with E-state index in [2.05, 4.69) is 5.32 Å². The highest BCUT2D eigenvalue weighted by Crippen LogP contribution is 2.21. The Labute approximate surface area is 178 Å². The van der Waals surface area contributed by atoms with Gasteiger partial charge in [-0.05, 0) is 49.4 Å². The van der Waals surface area contributed by atoms with Crippen molar-refractivity contribution < 1.29 is 9.53 Å². The summed E-state index contributed by atoms with van der Waals surface area (Å²) in [4.78, 5) is 25.2. The van der Waals surface area contributed by atoms with Crippen molar-refractivity contribution in [2.24, 2.45) is 0 Å². The van der Waals surface area contributed by atoms with Crippen molar-refractivity contribution in [3.8, 4) is 11.4 Å². The molecule has 3 aromatic carbocycles. The van der Waals surface area contributed by atoms with Gasteiger partial charge in [0.25, 0.3) is 0 Å². The van der Waals surface area contributed by atoms with Gasteiger partial charge < -0.3 is 14.6 Å². The highest BCUT2D eigenvalue weighted by molar-refractivity contribution is 6.31. The summed E-state index contributed by atoms with van der Waals surface area (Å²) in [7, 11) is 0. The number of aryl methyl sites for hydroxylation is 1. The van der Waals surface area contributed by atoms with Gasteiger partial charge in [0.05, 0.1) is 12.1 Å². The molecule has 0 atom stereocenters. The normalized spacial score (nSPS) is 10.7. The number of ether oxygens (including phenoxy) is 1. The number of pyridine rings is 1. The van der Waals surface area contributed by atoms with Crippen LogP contribution in [0.4, 0.5) is 4.79 Å². The maximum Gasteiger partial charge on any atom is 0.412 e. The number of amides is 1. The van der Waals surface area contributed by atoms with E-state index in [-0.39, 0.29) is 12.0 Å². The van der Waals surface area contributed by atoms with Gasteiger partial charge in [-0.2, -0.15) is 0 Å². The lowest BCUT2D eigenvalue weighted by molar-refractivity contribution is 0.200. The molecular weight excluding hydrogens is 400 g/mol. The second kappa shape index (κ2) is 8.43. The number of hydrogen-bond acceptors (Lipinski definition) is 3. The van der Waals surface area contributed by atoms with E-state index in [1.54, 1.807) is 36.5 Å². The Bertz CT molecular complexity index is 1270. The second-order valence-corrected chi connectivity index (χ2v) is 7.34. The molecule has 150 valence electrons. The number of hydrogen-bond donors (Lipinski definition) is 1. The van der Waals surface area contributed by atoms with Gasteiger partial charge in [0.15, 0.2) is 5.43 Å². The first-order chi connectivity index (χ1) is 14.5. The quantitative estimate of drug-likeness (QED) is 0.493. The van der Waals surface area contributed by atoms with Gasteiger partial charge >= 0.3 is 6.09 Å². The molecule has 0 radical (unpaired) electrons. The summed E-state index contributed by atoms with van der Waals surface area (Å²) in [6.07, 6.45) is 1.10. The van der Waals surface area contributed by atoms with Crippen molar-refractivity contribution in [3.05, 3.63) is 105 Å². The van der Waals surface area contributed by atoms with Crippen molar-refractivity contribution in [2.45, 2.75) is 13.5 Å². The molecule has 0 unspecified atom stereocenters. The van der Waals surface area contributed by atoms with Crippen LogP contribution in [0.15, 0.2) is 83.8 Å². The van der Waals surface area contributed by atoms with Gasteiger partial charge in [-0.1, -0.05) is 47.5 Å².